The van der Waals surface area contributed by atoms with Crippen LogP contribution in [0, 0.1) is 17.1 Å². The van der Waals surface area contributed by atoms with Crippen LogP contribution in [0.3, 0.4) is 0 Å². The molecule has 0 unspecified atom stereocenters. The topological polar surface area (TPSA) is 70.9 Å². The van der Waals surface area contributed by atoms with Gasteiger partial charge in [-0.2, -0.15) is 5.26 Å². The van der Waals surface area contributed by atoms with Crippen LogP contribution in [0.5, 0.6) is 11.5 Å². The Morgan fingerprint density at radius 3 is 2.40 bits per heavy atom. The summed E-state index contributed by atoms with van der Waals surface area (Å²) >= 11 is 0. The van der Waals surface area contributed by atoms with E-state index < -0.39 is 0 Å². The number of aromatic amines is 1. The van der Waals surface area contributed by atoms with E-state index in [2.05, 4.69) is 16.0 Å². The molecule has 1 N–H and O–H groups in total. The van der Waals surface area contributed by atoms with Crippen molar-refractivity contribution < 1.29 is 13.9 Å². The molecular formula is C24H18FN3O2. The van der Waals surface area contributed by atoms with Crippen LogP contribution in [0.15, 0.2) is 72.9 Å². The fourth-order valence-electron chi connectivity index (χ4n) is 3.01. The second-order valence-electron chi connectivity index (χ2n) is 6.60. The molecule has 30 heavy (non-hydrogen) atoms. The molecule has 4 rings (SSSR count). The molecule has 0 fully saturated rings. The third-order valence-electron chi connectivity index (χ3n) is 4.63. The first-order valence-electron chi connectivity index (χ1n) is 9.28. The number of hydrogen-bond donors (Lipinski definition) is 1. The highest BCUT2D eigenvalue weighted by molar-refractivity contribution is 5.67. The Hall–Kier alpha value is -4.11. The van der Waals surface area contributed by atoms with Gasteiger partial charge < -0.3 is 14.5 Å². The molecule has 5 nitrogen and oxygen atoms in total. The molecule has 0 aliphatic rings. The number of ether oxygens (including phenoxy) is 2. The number of H-pyrrole nitrogens is 1. The van der Waals surface area contributed by atoms with Crippen molar-refractivity contribution in [1.82, 2.24) is 9.97 Å². The van der Waals surface area contributed by atoms with Crippen molar-refractivity contribution in [2.75, 3.05) is 7.11 Å². The summed E-state index contributed by atoms with van der Waals surface area (Å²) in [7, 11) is 1.59. The minimum atomic E-state index is -0.285. The third-order valence-corrected chi connectivity index (χ3v) is 4.63. The number of methoxy groups -OCH3 is 1. The summed E-state index contributed by atoms with van der Waals surface area (Å²) in [6, 6.07) is 21.1. The summed E-state index contributed by atoms with van der Waals surface area (Å²) in [6.07, 6.45) is 1.80. The third kappa shape index (κ3) is 4.15. The van der Waals surface area contributed by atoms with Crippen LogP contribution in [-0.4, -0.2) is 17.1 Å². The highest BCUT2D eigenvalue weighted by Crippen LogP contribution is 2.33. The van der Waals surface area contributed by atoms with E-state index in [9.17, 15) is 4.39 Å². The van der Waals surface area contributed by atoms with E-state index in [1.54, 1.807) is 37.6 Å². The summed E-state index contributed by atoms with van der Waals surface area (Å²) in [5, 5.41) is 8.88. The van der Waals surface area contributed by atoms with Crippen molar-refractivity contribution >= 4 is 0 Å². The van der Waals surface area contributed by atoms with Gasteiger partial charge in [0.2, 0.25) is 0 Å². The number of nitrogens with one attached hydrogen (secondary N) is 1. The van der Waals surface area contributed by atoms with Crippen LogP contribution in [-0.2, 0) is 6.61 Å². The van der Waals surface area contributed by atoms with Crippen molar-refractivity contribution in [2.45, 2.75) is 6.61 Å². The maximum Gasteiger partial charge on any atom is 0.161 e. The molecule has 0 atom stereocenters. The standard InChI is InChI=1S/C24H18FN3O2/c1-29-23-12-19(21-14-27-24(28-21)18-6-9-20(25)10-7-18)8-11-22(23)30-15-17-4-2-16(13-26)3-5-17/h2-12,14H,15H2,1H3,(H,27,28). The SMILES string of the molecule is COc1cc(-c2c[nH]c(-c3ccc(F)cc3)n2)ccc1OCc1ccc(C#N)cc1. The fraction of sp³-hybridized carbons (Fsp3) is 0.0833. The molecule has 4 aromatic rings. The number of aromatic nitrogens is 2. The van der Waals surface area contributed by atoms with Crippen LogP contribution in [0.1, 0.15) is 11.1 Å². The van der Waals surface area contributed by atoms with Gasteiger partial charge in [-0.1, -0.05) is 12.1 Å². The molecule has 0 aliphatic heterocycles. The molecule has 0 saturated carbocycles. The van der Waals surface area contributed by atoms with Crippen molar-refractivity contribution in [2.24, 2.45) is 0 Å². The zero-order valence-corrected chi connectivity index (χ0v) is 16.2. The van der Waals surface area contributed by atoms with E-state index in [0.717, 1.165) is 22.4 Å². The molecule has 6 heteroatoms. The van der Waals surface area contributed by atoms with Crippen LogP contribution in [0.2, 0.25) is 0 Å². The molecule has 0 aliphatic carbocycles. The van der Waals surface area contributed by atoms with E-state index >= 15 is 0 Å². The predicted octanol–water partition coefficient (Wildman–Crippen LogP) is 5.34. The second-order valence-corrected chi connectivity index (χ2v) is 6.60. The van der Waals surface area contributed by atoms with E-state index in [0.29, 0.717) is 29.5 Å². The quantitative estimate of drug-likeness (QED) is 0.475. The van der Waals surface area contributed by atoms with Gasteiger partial charge in [0.25, 0.3) is 0 Å². The number of hydrogen-bond acceptors (Lipinski definition) is 4. The number of imidazole rings is 1. The first-order chi connectivity index (χ1) is 14.7. The number of nitrogens with zero attached hydrogens (tertiary/aromatic N) is 2. The summed E-state index contributed by atoms with van der Waals surface area (Å²) in [6.45, 7) is 0.360. The van der Waals surface area contributed by atoms with Gasteiger partial charge in [-0.25, -0.2) is 9.37 Å². The minimum Gasteiger partial charge on any atom is -0.493 e. The van der Waals surface area contributed by atoms with E-state index in [1.807, 2.05) is 30.3 Å². The van der Waals surface area contributed by atoms with Crippen molar-refractivity contribution in [1.29, 1.82) is 5.26 Å². The van der Waals surface area contributed by atoms with Gasteiger partial charge in [-0.05, 0) is 60.2 Å². The molecule has 1 heterocycles. The van der Waals surface area contributed by atoms with E-state index in [-0.39, 0.29) is 5.82 Å². The van der Waals surface area contributed by atoms with Gasteiger partial charge in [0.1, 0.15) is 18.2 Å². The molecule has 0 amide bonds. The lowest BCUT2D eigenvalue weighted by Crippen LogP contribution is -1.98. The Morgan fingerprint density at radius 1 is 0.967 bits per heavy atom. The Balaban J connectivity index is 1.52. The van der Waals surface area contributed by atoms with Gasteiger partial charge in [-0.3, -0.25) is 0 Å². The monoisotopic (exact) mass is 399 g/mol. The summed E-state index contributed by atoms with van der Waals surface area (Å²) in [5.74, 6) is 1.57. The van der Waals surface area contributed by atoms with Gasteiger partial charge in [0.05, 0.1) is 24.4 Å². The molecule has 1 aromatic heterocycles. The number of halogens is 1. The van der Waals surface area contributed by atoms with Crippen LogP contribution in [0.4, 0.5) is 4.39 Å². The van der Waals surface area contributed by atoms with E-state index in [4.69, 9.17) is 14.7 Å². The smallest absolute Gasteiger partial charge is 0.161 e. The molecule has 0 spiro atoms. The Morgan fingerprint density at radius 2 is 1.70 bits per heavy atom. The number of rotatable bonds is 6. The normalized spacial score (nSPS) is 10.4. The Kier molecular flexibility index (Phi) is 5.44. The lowest BCUT2D eigenvalue weighted by Gasteiger charge is -2.12. The minimum absolute atomic E-state index is 0.285. The van der Waals surface area contributed by atoms with Gasteiger partial charge in [0.15, 0.2) is 11.5 Å². The van der Waals surface area contributed by atoms with E-state index in [1.165, 1.54) is 12.1 Å². The largest absolute Gasteiger partial charge is 0.493 e. The van der Waals surface area contributed by atoms with Crippen molar-refractivity contribution in [3.05, 3.63) is 89.9 Å². The van der Waals surface area contributed by atoms with Gasteiger partial charge in [0, 0.05) is 17.3 Å². The van der Waals surface area contributed by atoms with Crippen molar-refractivity contribution in [3.8, 4) is 40.2 Å². The van der Waals surface area contributed by atoms with Gasteiger partial charge >= 0.3 is 0 Å². The van der Waals surface area contributed by atoms with Gasteiger partial charge in [-0.15, -0.1) is 0 Å². The highest BCUT2D eigenvalue weighted by Gasteiger charge is 2.11. The molecular weight excluding hydrogens is 381 g/mol. The fourth-order valence-corrected chi connectivity index (χ4v) is 3.01. The lowest BCUT2D eigenvalue weighted by atomic mass is 10.1. The summed E-state index contributed by atoms with van der Waals surface area (Å²) < 4.78 is 24.5. The maximum atomic E-state index is 13.1. The molecule has 0 saturated heterocycles. The van der Waals surface area contributed by atoms with Crippen LogP contribution < -0.4 is 9.47 Å². The Labute approximate surface area is 173 Å². The van der Waals surface area contributed by atoms with Crippen LogP contribution >= 0.6 is 0 Å². The van der Waals surface area contributed by atoms with Crippen molar-refractivity contribution in [3.63, 3.8) is 0 Å². The number of benzene rings is 3. The molecule has 0 radical (unpaired) electrons. The zero-order valence-electron chi connectivity index (χ0n) is 16.2. The number of nitriles is 1. The molecule has 3 aromatic carbocycles. The van der Waals surface area contributed by atoms with Crippen LogP contribution in [0.25, 0.3) is 22.6 Å². The first-order valence-corrected chi connectivity index (χ1v) is 9.28. The average molecular weight is 399 g/mol. The summed E-state index contributed by atoms with van der Waals surface area (Å²) in [4.78, 5) is 7.71. The zero-order chi connectivity index (χ0) is 20.9. The maximum absolute atomic E-state index is 13.1. The molecule has 148 valence electrons. The molecule has 0 bridgehead atoms. The predicted molar refractivity (Wildman–Crippen MR) is 111 cm³/mol. The Bertz CT molecular complexity index is 1190. The first kappa shape index (κ1) is 19.2. The highest BCUT2D eigenvalue weighted by atomic mass is 19.1. The lowest BCUT2D eigenvalue weighted by molar-refractivity contribution is 0.284. The second kappa shape index (κ2) is 8.50. The summed E-state index contributed by atoms with van der Waals surface area (Å²) in [5.41, 5.74) is 3.97. The average Bonchev–Trinajstić information content (AvgIpc) is 3.28.